The molecule has 0 radical (unpaired) electrons. The smallest absolute Gasteiger partial charge is 0.250 e. The Kier molecular flexibility index (Phi) is 4.99. The molecule has 5 rings (SSSR count). The Morgan fingerprint density at radius 1 is 0.897 bits per heavy atom. The molecule has 2 fully saturated rings. The van der Waals surface area contributed by atoms with Gasteiger partial charge in [-0.15, -0.1) is 0 Å². The maximum Gasteiger partial charge on any atom is 0.250 e. The fraction of sp³-hybridized carbons (Fsp3) is 0.474. The summed E-state index contributed by atoms with van der Waals surface area (Å²) in [6, 6.07) is 5.67. The van der Waals surface area contributed by atoms with E-state index in [-0.39, 0.29) is 6.79 Å². The van der Waals surface area contributed by atoms with Gasteiger partial charge in [0.15, 0.2) is 11.5 Å². The Hall–Kier alpha value is -3.14. The first-order valence-corrected chi connectivity index (χ1v) is 9.88. The van der Waals surface area contributed by atoms with E-state index in [4.69, 9.17) is 19.2 Å². The van der Waals surface area contributed by atoms with E-state index in [2.05, 4.69) is 30.3 Å². The van der Waals surface area contributed by atoms with Gasteiger partial charge in [0, 0.05) is 26.2 Å². The molecule has 0 bridgehead atoms. The monoisotopic (exact) mass is 397 g/mol. The van der Waals surface area contributed by atoms with Crippen molar-refractivity contribution in [2.45, 2.75) is 12.8 Å². The molecule has 0 amide bonds. The van der Waals surface area contributed by atoms with Gasteiger partial charge in [0.2, 0.25) is 24.6 Å². The molecule has 1 aromatic carbocycles. The van der Waals surface area contributed by atoms with Gasteiger partial charge in [0.25, 0.3) is 0 Å². The van der Waals surface area contributed by atoms with Crippen LogP contribution in [0, 0.1) is 0 Å². The van der Waals surface area contributed by atoms with Crippen LogP contribution < -0.4 is 24.7 Å². The molecule has 0 unspecified atom stereocenters. The molecule has 2 saturated heterocycles. The molecule has 10 nitrogen and oxygen atoms in total. The predicted molar refractivity (Wildman–Crippen MR) is 108 cm³/mol. The fourth-order valence-corrected chi connectivity index (χ4v) is 3.53. The van der Waals surface area contributed by atoms with Crippen molar-refractivity contribution in [3.8, 4) is 11.5 Å². The lowest BCUT2D eigenvalue weighted by atomic mass is 10.2. The maximum atomic E-state index is 5.45. The quantitative estimate of drug-likeness (QED) is 0.594. The van der Waals surface area contributed by atoms with Gasteiger partial charge in [-0.25, -0.2) is 5.43 Å². The highest BCUT2D eigenvalue weighted by molar-refractivity contribution is 5.81. The zero-order chi connectivity index (χ0) is 19.5. The van der Waals surface area contributed by atoms with Crippen molar-refractivity contribution in [2.24, 2.45) is 5.10 Å². The third-order valence-corrected chi connectivity index (χ3v) is 5.07. The van der Waals surface area contributed by atoms with Gasteiger partial charge in [-0.05, 0) is 36.6 Å². The van der Waals surface area contributed by atoms with Crippen LogP contribution in [-0.2, 0) is 4.74 Å². The lowest BCUT2D eigenvalue weighted by Crippen LogP contribution is -2.38. The summed E-state index contributed by atoms with van der Waals surface area (Å²) in [5, 5.41) is 4.31. The van der Waals surface area contributed by atoms with Crippen molar-refractivity contribution in [3.63, 3.8) is 0 Å². The van der Waals surface area contributed by atoms with Crippen LogP contribution in [-0.4, -0.2) is 67.4 Å². The number of benzene rings is 1. The minimum atomic E-state index is 0.253. The Morgan fingerprint density at radius 2 is 1.62 bits per heavy atom. The number of hydrazone groups is 1. The molecular formula is C19H23N7O3. The van der Waals surface area contributed by atoms with E-state index in [1.165, 1.54) is 0 Å². The van der Waals surface area contributed by atoms with Gasteiger partial charge < -0.3 is 24.0 Å². The summed E-state index contributed by atoms with van der Waals surface area (Å²) < 4.78 is 16.2. The second-order valence-corrected chi connectivity index (χ2v) is 7.04. The number of nitrogens with zero attached hydrogens (tertiary/aromatic N) is 6. The molecule has 0 aliphatic carbocycles. The van der Waals surface area contributed by atoms with Crippen LogP contribution in [0.25, 0.3) is 0 Å². The highest BCUT2D eigenvalue weighted by Gasteiger charge is 2.21. The first-order valence-electron chi connectivity index (χ1n) is 9.88. The molecule has 2 aromatic rings. The van der Waals surface area contributed by atoms with E-state index in [1.807, 2.05) is 18.2 Å². The van der Waals surface area contributed by atoms with Crippen LogP contribution >= 0.6 is 0 Å². The molecule has 3 aliphatic heterocycles. The fourth-order valence-electron chi connectivity index (χ4n) is 3.53. The minimum Gasteiger partial charge on any atom is -0.454 e. The molecule has 152 valence electrons. The molecule has 1 aromatic heterocycles. The van der Waals surface area contributed by atoms with Gasteiger partial charge >= 0.3 is 0 Å². The van der Waals surface area contributed by atoms with Crippen molar-refractivity contribution in [3.05, 3.63) is 23.8 Å². The summed E-state index contributed by atoms with van der Waals surface area (Å²) >= 11 is 0. The third kappa shape index (κ3) is 4.02. The number of morpholine rings is 1. The topological polar surface area (TPSA) is 97.2 Å². The van der Waals surface area contributed by atoms with E-state index in [9.17, 15) is 0 Å². The summed E-state index contributed by atoms with van der Waals surface area (Å²) in [5.74, 6) is 3.25. The molecule has 0 atom stereocenters. The van der Waals surface area contributed by atoms with Gasteiger partial charge in [-0.1, -0.05) is 0 Å². The van der Waals surface area contributed by atoms with Gasteiger partial charge in [-0.2, -0.15) is 20.1 Å². The Morgan fingerprint density at radius 3 is 2.41 bits per heavy atom. The van der Waals surface area contributed by atoms with Crippen LogP contribution in [0.15, 0.2) is 23.3 Å². The lowest BCUT2D eigenvalue weighted by molar-refractivity contribution is 0.122. The molecule has 3 aliphatic rings. The summed E-state index contributed by atoms with van der Waals surface area (Å²) in [7, 11) is 0. The SMILES string of the molecule is C(=N/Nc1nc(N2CCCC2)nc(N2CCOCC2)n1)/c1ccc2c(c1)OCO2. The highest BCUT2D eigenvalue weighted by Crippen LogP contribution is 2.32. The number of rotatable bonds is 5. The normalized spacial score (nSPS) is 18.6. The van der Waals surface area contributed by atoms with Crippen LogP contribution in [0.4, 0.5) is 17.8 Å². The average Bonchev–Trinajstić information content (AvgIpc) is 3.46. The van der Waals surface area contributed by atoms with Crippen LogP contribution in [0.3, 0.4) is 0 Å². The van der Waals surface area contributed by atoms with E-state index in [1.54, 1.807) is 6.21 Å². The summed E-state index contributed by atoms with van der Waals surface area (Å²) in [6.07, 6.45) is 4.02. The Bertz CT molecular complexity index is 895. The first-order chi connectivity index (χ1) is 14.3. The average molecular weight is 397 g/mol. The van der Waals surface area contributed by atoms with Gasteiger partial charge in [0.1, 0.15) is 0 Å². The summed E-state index contributed by atoms with van der Waals surface area (Å²) in [6.45, 7) is 5.07. The van der Waals surface area contributed by atoms with Gasteiger partial charge in [0.05, 0.1) is 19.4 Å². The molecule has 10 heteroatoms. The van der Waals surface area contributed by atoms with E-state index < -0.39 is 0 Å². The largest absolute Gasteiger partial charge is 0.454 e. The van der Waals surface area contributed by atoms with E-state index in [0.717, 1.165) is 56.1 Å². The Balaban J connectivity index is 1.35. The number of ether oxygens (including phenoxy) is 3. The summed E-state index contributed by atoms with van der Waals surface area (Å²) in [5.41, 5.74) is 3.85. The number of aromatic nitrogens is 3. The predicted octanol–water partition coefficient (Wildman–Crippen LogP) is 1.48. The van der Waals surface area contributed by atoms with E-state index >= 15 is 0 Å². The van der Waals surface area contributed by atoms with Crippen LogP contribution in [0.5, 0.6) is 11.5 Å². The number of hydrogen-bond donors (Lipinski definition) is 1. The minimum absolute atomic E-state index is 0.253. The van der Waals surface area contributed by atoms with Crippen molar-refractivity contribution in [2.75, 3.05) is 61.4 Å². The highest BCUT2D eigenvalue weighted by atomic mass is 16.7. The second kappa shape index (κ2) is 8.08. The summed E-state index contributed by atoms with van der Waals surface area (Å²) in [4.78, 5) is 18.2. The number of hydrogen-bond acceptors (Lipinski definition) is 10. The zero-order valence-corrected chi connectivity index (χ0v) is 16.1. The van der Waals surface area contributed by atoms with Crippen LogP contribution in [0.1, 0.15) is 18.4 Å². The molecule has 4 heterocycles. The van der Waals surface area contributed by atoms with Crippen molar-refractivity contribution < 1.29 is 14.2 Å². The van der Waals surface area contributed by atoms with Crippen molar-refractivity contribution >= 4 is 24.1 Å². The first kappa shape index (κ1) is 17.9. The van der Waals surface area contributed by atoms with Crippen molar-refractivity contribution in [1.29, 1.82) is 0 Å². The molecule has 29 heavy (non-hydrogen) atoms. The standard InChI is InChI=1S/C19H23N7O3/c1-2-6-25(5-1)18-21-17(22-19(23-18)26-7-9-27-10-8-26)24-20-12-14-3-4-15-16(11-14)29-13-28-15/h3-4,11-12H,1-2,5-10,13H2,(H,21,22,23,24)/b20-12-. The molecule has 0 saturated carbocycles. The number of nitrogens with one attached hydrogen (secondary N) is 1. The number of anilines is 3. The van der Waals surface area contributed by atoms with Crippen LogP contribution in [0.2, 0.25) is 0 Å². The van der Waals surface area contributed by atoms with Crippen molar-refractivity contribution in [1.82, 2.24) is 15.0 Å². The van der Waals surface area contributed by atoms with Gasteiger partial charge in [-0.3, -0.25) is 0 Å². The van der Waals surface area contributed by atoms with E-state index in [0.29, 0.717) is 31.1 Å². The Labute approximate surface area is 168 Å². The lowest BCUT2D eigenvalue weighted by Gasteiger charge is -2.27. The third-order valence-electron chi connectivity index (χ3n) is 5.07. The molecule has 1 N–H and O–H groups in total. The number of fused-ring (bicyclic) bond motifs is 1. The molecule has 0 spiro atoms. The molecular weight excluding hydrogens is 374 g/mol. The zero-order valence-electron chi connectivity index (χ0n) is 16.1. The second-order valence-electron chi connectivity index (χ2n) is 7.04. The maximum absolute atomic E-state index is 5.45.